The zero-order valence-corrected chi connectivity index (χ0v) is 32.8. The third kappa shape index (κ3) is 154. The lowest BCUT2D eigenvalue weighted by atomic mass is 10.1. The average molecular weight is 774 g/mol. The summed E-state index contributed by atoms with van der Waals surface area (Å²) in [6.45, 7) is 33.0. The van der Waals surface area contributed by atoms with Gasteiger partial charge < -0.3 is 14.6 Å². The summed E-state index contributed by atoms with van der Waals surface area (Å²) >= 11 is 0. The number of hydrogen-bond acceptors (Lipinski definition) is 3. The van der Waals surface area contributed by atoms with Gasteiger partial charge in [-0.15, -0.1) is 0 Å². The number of carboxylic acids is 1. The number of unbranched alkanes of at least 4 members (excludes halogenated alkanes) is 6. The lowest BCUT2D eigenvalue weighted by molar-refractivity contribution is -0.132. The normalized spacial score (nSPS) is 9.37. The molecule has 0 aliphatic heterocycles. The molecule has 1 aromatic carbocycles. The van der Waals surface area contributed by atoms with Gasteiger partial charge in [-0.3, -0.25) is 0 Å². The summed E-state index contributed by atoms with van der Waals surface area (Å²) in [6, 6.07) is 9.30. The molecule has 0 saturated carbocycles. The molecule has 0 fully saturated rings. The standard InChI is InChI=1S/C20H29O4.10C2H4O/c1-3-4-5-6-7-8-12-16-20(2,23-17-15-19(21)22)24-18-13-10-9-11-14-18;10*1-2-3/h9-11,13-15,17H,2-8,12,16H2,1H3,(H,21,22);10*1-2H2. The van der Waals surface area contributed by atoms with Gasteiger partial charge in [0.05, 0.1) is 78.4 Å². The van der Waals surface area contributed by atoms with E-state index in [2.05, 4.69) is 83.1 Å². The fourth-order valence-corrected chi connectivity index (χ4v) is 2.41. The fraction of sp³-hybridized carbons (Fsp3) is 0.500. The average Bonchev–Trinajstić information content (AvgIpc) is 3.08. The van der Waals surface area contributed by atoms with Crippen LogP contribution in [0.25, 0.3) is 0 Å². The summed E-state index contributed by atoms with van der Waals surface area (Å²) in [4.78, 5) is 10.6. The van der Waals surface area contributed by atoms with E-state index in [0.29, 0.717) is 12.2 Å². The minimum atomic E-state index is -1.11. The van der Waals surface area contributed by atoms with Crippen molar-refractivity contribution >= 4 is 5.97 Å². The van der Waals surface area contributed by atoms with Crippen LogP contribution in [0, 0.1) is 76.2 Å². The van der Waals surface area contributed by atoms with Crippen molar-refractivity contribution < 1.29 is 70.4 Å². The maximum atomic E-state index is 10.6. The van der Waals surface area contributed by atoms with Gasteiger partial charge in [0.25, 0.3) is 5.79 Å². The predicted octanol–water partition coefficient (Wildman–Crippen LogP) is 7.86. The molecule has 0 aliphatic carbocycles. The molecule has 1 N–H and O–H groups in total. The van der Waals surface area contributed by atoms with Crippen LogP contribution in [-0.2, 0) is 60.6 Å². The van der Waals surface area contributed by atoms with E-state index in [1.165, 1.54) is 32.1 Å². The Hall–Kier alpha value is -2.37. The molecule has 1 aromatic rings. The molecule has 14 nitrogen and oxygen atoms in total. The second-order valence-corrected chi connectivity index (χ2v) is 8.00. The van der Waals surface area contributed by atoms with Crippen molar-refractivity contribution in [3.8, 4) is 5.75 Å². The van der Waals surface area contributed by atoms with E-state index >= 15 is 0 Å². The molecule has 21 radical (unpaired) electrons. The van der Waals surface area contributed by atoms with Crippen molar-refractivity contribution in [2.24, 2.45) is 0 Å². The summed E-state index contributed by atoms with van der Waals surface area (Å²) in [6.07, 6.45) is 10.9. The number of para-hydroxylation sites is 1. The van der Waals surface area contributed by atoms with E-state index in [0.717, 1.165) is 25.2 Å². The Morgan fingerprint density at radius 3 is 1.11 bits per heavy atom. The monoisotopic (exact) mass is 773 g/mol. The van der Waals surface area contributed by atoms with Crippen molar-refractivity contribution in [1.29, 1.82) is 0 Å². The summed E-state index contributed by atoms with van der Waals surface area (Å²) in [7, 11) is 0. The first kappa shape index (κ1) is 76.4. The number of hydrogen-bond donors (Lipinski definition) is 1. The minimum absolute atomic E-state index is 0.250. The lowest BCUT2D eigenvalue weighted by Gasteiger charge is -2.29. The number of ether oxygens (including phenoxy) is 2. The van der Waals surface area contributed by atoms with Crippen LogP contribution in [0.15, 0.2) is 42.7 Å². The summed E-state index contributed by atoms with van der Waals surface area (Å²) in [5.74, 6) is -1.52. The largest absolute Gasteiger partial charge is 0.478 e. The Morgan fingerprint density at radius 2 is 0.833 bits per heavy atom. The molecule has 0 amide bonds. The highest BCUT2D eigenvalue weighted by atomic mass is 16.7. The maximum Gasteiger partial charge on any atom is 0.331 e. The number of carboxylic acid groups (broad SMARTS) is 1. The van der Waals surface area contributed by atoms with Gasteiger partial charge in [0, 0.05) is 13.3 Å². The number of aliphatic carboxylic acids is 1. The molecular formula is C40H69O14. The number of rotatable bonds is 13. The van der Waals surface area contributed by atoms with E-state index in [-0.39, 0.29) is 66.1 Å². The van der Waals surface area contributed by atoms with Crippen molar-refractivity contribution in [3.05, 3.63) is 119 Å². The van der Waals surface area contributed by atoms with Gasteiger partial charge in [0.2, 0.25) is 0 Å². The first-order valence-corrected chi connectivity index (χ1v) is 16.6. The highest BCUT2D eigenvalue weighted by Crippen LogP contribution is 2.25. The van der Waals surface area contributed by atoms with Crippen LogP contribution >= 0.6 is 0 Å². The zero-order chi connectivity index (χ0) is 44.7. The molecule has 1 rings (SSSR count). The van der Waals surface area contributed by atoms with Gasteiger partial charge in [-0.25, -0.2) is 55.9 Å². The molecule has 0 spiro atoms. The SMILES string of the molecule is [CH2]C(CCCCCCCCC)(OC=CC(=O)O)Oc1ccccc1.[CH2]C[O].[CH2]C[O].[CH2]C[O].[CH2]C[O].[CH2]C[O].[CH2]C[O].[CH2]C[O].[CH2]C[O].[CH2]C[O].[CH2]C[O]. The molecule has 1 unspecified atom stereocenters. The van der Waals surface area contributed by atoms with Gasteiger partial charge in [-0.1, -0.05) is 63.6 Å². The van der Waals surface area contributed by atoms with E-state index in [1.807, 2.05) is 30.3 Å². The van der Waals surface area contributed by atoms with E-state index in [4.69, 9.17) is 65.6 Å². The van der Waals surface area contributed by atoms with E-state index < -0.39 is 11.8 Å². The highest BCUT2D eigenvalue weighted by Gasteiger charge is 2.27. The van der Waals surface area contributed by atoms with Gasteiger partial charge in [0.15, 0.2) is 0 Å². The van der Waals surface area contributed by atoms with Crippen LogP contribution < -0.4 is 4.74 Å². The maximum absolute atomic E-state index is 10.6. The first-order chi connectivity index (χ1) is 25.7. The second kappa shape index (κ2) is 92.9. The van der Waals surface area contributed by atoms with Crippen molar-refractivity contribution in [3.63, 3.8) is 0 Å². The molecule has 0 saturated heterocycles. The fourth-order valence-electron chi connectivity index (χ4n) is 2.41. The molecule has 1 atom stereocenters. The first-order valence-electron chi connectivity index (χ1n) is 16.6. The lowest BCUT2D eigenvalue weighted by Crippen LogP contribution is -2.34. The number of carbonyl (C=O) groups is 1. The molecular weight excluding hydrogens is 704 g/mol. The molecule has 313 valence electrons. The molecule has 0 aliphatic rings. The van der Waals surface area contributed by atoms with Gasteiger partial charge >= 0.3 is 5.97 Å². The molecule has 0 aromatic heterocycles. The molecule has 0 heterocycles. The van der Waals surface area contributed by atoms with Gasteiger partial charge in [0.1, 0.15) is 5.75 Å². The van der Waals surface area contributed by atoms with Crippen LogP contribution in [0.2, 0.25) is 0 Å². The Bertz CT molecular complexity index is 622. The smallest absolute Gasteiger partial charge is 0.331 e. The van der Waals surface area contributed by atoms with Crippen LogP contribution in [-0.4, -0.2) is 82.9 Å². The zero-order valence-electron chi connectivity index (χ0n) is 32.8. The Balaban J connectivity index is -0.0000000656. The van der Waals surface area contributed by atoms with Crippen LogP contribution in [0.4, 0.5) is 0 Å². The highest BCUT2D eigenvalue weighted by molar-refractivity contribution is 5.79. The second-order valence-electron chi connectivity index (χ2n) is 8.00. The summed E-state index contributed by atoms with van der Waals surface area (Å²) in [5.41, 5.74) is 0. The van der Waals surface area contributed by atoms with Crippen molar-refractivity contribution in [2.45, 2.75) is 64.1 Å². The van der Waals surface area contributed by atoms with Crippen LogP contribution in [0.3, 0.4) is 0 Å². The van der Waals surface area contributed by atoms with Gasteiger partial charge in [-0.05, 0) is 87.8 Å². The summed E-state index contributed by atoms with van der Waals surface area (Å²) < 4.78 is 11.3. The Labute approximate surface area is 330 Å². The molecule has 14 heteroatoms. The van der Waals surface area contributed by atoms with Crippen molar-refractivity contribution in [1.82, 2.24) is 0 Å². The molecule has 0 bridgehead atoms. The van der Waals surface area contributed by atoms with E-state index in [9.17, 15) is 4.79 Å². The Morgan fingerprint density at radius 1 is 0.556 bits per heavy atom. The van der Waals surface area contributed by atoms with Crippen LogP contribution in [0.5, 0.6) is 5.75 Å². The summed E-state index contributed by atoms with van der Waals surface area (Å²) in [5, 5.41) is 96.9. The molecule has 54 heavy (non-hydrogen) atoms. The van der Waals surface area contributed by atoms with Crippen LogP contribution in [0.1, 0.15) is 58.3 Å². The predicted molar refractivity (Wildman–Crippen MR) is 205 cm³/mol. The van der Waals surface area contributed by atoms with Crippen molar-refractivity contribution in [2.75, 3.05) is 66.1 Å². The third-order valence-corrected chi connectivity index (χ3v) is 3.70. The number of benzene rings is 1. The topological polar surface area (TPSA) is 255 Å². The quantitative estimate of drug-likeness (QED) is 0.0908. The van der Waals surface area contributed by atoms with Gasteiger partial charge in [-0.2, -0.15) is 0 Å². The minimum Gasteiger partial charge on any atom is -0.478 e. The Kier molecular flexibility index (Phi) is 131. The van der Waals surface area contributed by atoms with E-state index in [1.54, 1.807) is 0 Å². The third-order valence-electron chi connectivity index (χ3n) is 3.70.